The number of hydrogen-bond donors (Lipinski definition) is 0. The average molecular weight is 383 g/mol. The van der Waals surface area contributed by atoms with Gasteiger partial charge in [0.05, 0.1) is 18.4 Å². The fourth-order valence-corrected chi connectivity index (χ4v) is 5.67. The van der Waals surface area contributed by atoms with E-state index in [4.69, 9.17) is 0 Å². The number of amides is 2. The van der Waals surface area contributed by atoms with Crippen molar-refractivity contribution < 1.29 is 14.0 Å². The second-order valence-corrected chi connectivity index (χ2v) is 8.15. The van der Waals surface area contributed by atoms with Gasteiger partial charge in [-0.3, -0.25) is 14.5 Å². The van der Waals surface area contributed by atoms with Crippen molar-refractivity contribution in [3.8, 4) is 0 Å². The fourth-order valence-electron chi connectivity index (χ4n) is 5.67. The summed E-state index contributed by atoms with van der Waals surface area (Å²) in [5.41, 5.74) is 5.43. The van der Waals surface area contributed by atoms with E-state index in [1.165, 1.54) is 39.3 Å². The van der Waals surface area contributed by atoms with Crippen LogP contribution in [0.4, 0.5) is 4.39 Å². The van der Waals surface area contributed by atoms with Crippen LogP contribution in [0.3, 0.4) is 0 Å². The molecule has 0 spiro atoms. The zero-order chi connectivity index (χ0) is 19.7. The van der Waals surface area contributed by atoms with Crippen LogP contribution >= 0.6 is 0 Å². The van der Waals surface area contributed by atoms with Crippen LogP contribution in [-0.4, -0.2) is 16.7 Å². The van der Waals surface area contributed by atoms with E-state index < -0.39 is 0 Å². The molecule has 1 heterocycles. The summed E-state index contributed by atoms with van der Waals surface area (Å²) in [7, 11) is 0. The normalized spacial score (nSPS) is 26.3. The number of nitrogens with zero attached hydrogens (tertiary/aromatic N) is 1. The van der Waals surface area contributed by atoms with E-state index in [0.717, 1.165) is 5.56 Å². The Kier molecular flexibility index (Phi) is 3.37. The first-order valence-electron chi connectivity index (χ1n) is 9.92. The Bertz CT molecular complexity index is 1050. The molecule has 29 heavy (non-hydrogen) atoms. The molecular formula is C25H18FNO2. The van der Waals surface area contributed by atoms with Gasteiger partial charge in [0.2, 0.25) is 11.8 Å². The first-order chi connectivity index (χ1) is 14.1. The molecule has 1 fully saturated rings. The number of imide groups is 1. The SMILES string of the molecule is O=C1[C@@H]2C3c4ccccc4C(c4ccccc43)[C@H]2C(=O)N1Cc1ccc(F)cc1. The van der Waals surface area contributed by atoms with Gasteiger partial charge in [-0.25, -0.2) is 4.39 Å². The summed E-state index contributed by atoms with van der Waals surface area (Å²) < 4.78 is 13.3. The minimum Gasteiger partial charge on any atom is -0.278 e. The van der Waals surface area contributed by atoms with E-state index in [0.29, 0.717) is 0 Å². The van der Waals surface area contributed by atoms with Crippen LogP contribution in [0.5, 0.6) is 0 Å². The third kappa shape index (κ3) is 2.17. The van der Waals surface area contributed by atoms with Crippen LogP contribution in [0.15, 0.2) is 72.8 Å². The second-order valence-electron chi connectivity index (χ2n) is 8.15. The minimum atomic E-state index is -0.363. The smallest absolute Gasteiger partial charge is 0.234 e. The third-order valence-corrected chi connectivity index (χ3v) is 6.79. The molecule has 0 N–H and O–H groups in total. The van der Waals surface area contributed by atoms with Gasteiger partial charge in [-0.15, -0.1) is 0 Å². The van der Waals surface area contributed by atoms with Crippen LogP contribution < -0.4 is 0 Å². The quantitative estimate of drug-likeness (QED) is 0.622. The lowest BCUT2D eigenvalue weighted by Gasteiger charge is -2.45. The number of rotatable bonds is 2. The molecule has 0 radical (unpaired) electrons. The Hall–Kier alpha value is -3.27. The lowest BCUT2D eigenvalue weighted by atomic mass is 9.55. The van der Waals surface area contributed by atoms with Gasteiger partial charge < -0.3 is 0 Å². The Balaban J connectivity index is 1.47. The van der Waals surface area contributed by atoms with Gasteiger partial charge in [-0.1, -0.05) is 60.7 Å². The van der Waals surface area contributed by atoms with E-state index in [9.17, 15) is 14.0 Å². The van der Waals surface area contributed by atoms with E-state index in [-0.39, 0.29) is 47.8 Å². The highest BCUT2D eigenvalue weighted by Crippen LogP contribution is 2.61. The Morgan fingerprint density at radius 3 is 1.48 bits per heavy atom. The van der Waals surface area contributed by atoms with Crippen molar-refractivity contribution in [2.75, 3.05) is 0 Å². The molecule has 1 aliphatic heterocycles. The number of halogens is 1. The molecule has 0 aromatic heterocycles. The largest absolute Gasteiger partial charge is 0.278 e. The summed E-state index contributed by atoms with van der Waals surface area (Å²) in [6.45, 7) is 0.192. The maximum atomic E-state index is 13.5. The molecule has 0 saturated carbocycles. The lowest BCUT2D eigenvalue weighted by Crippen LogP contribution is -2.41. The molecule has 7 rings (SSSR count). The van der Waals surface area contributed by atoms with Crippen molar-refractivity contribution in [2.45, 2.75) is 18.4 Å². The minimum absolute atomic E-state index is 0.0907. The summed E-state index contributed by atoms with van der Waals surface area (Å²) in [5, 5.41) is 0. The van der Waals surface area contributed by atoms with Crippen LogP contribution in [0.1, 0.15) is 39.7 Å². The van der Waals surface area contributed by atoms with Gasteiger partial charge >= 0.3 is 0 Å². The van der Waals surface area contributed by atoms with Gasteiger partial charge in [0.15, 0.2) is 0 Å². The van der Waals surface area contributed by atoms with E-state index in [1.807, 2.05) is 24.3 Å². The molecule has 3 nitrogen and oxygen atoms in total. The van der Waals surface area contributed by atoms with E-state index >= 15 is 0 Å². The second kappa shape index (κ2) is 5.86. The van der Waals surface area contributed by atoms with Crippen molar-refractivity contribution in [1.29, 1.82) is 0 Å². The van der Waals surface area contributed by atoms with E-state index in [2.05, 4.69) is 24.3 Å². The number of carbonyl (C=O) groups excluding carboxylic acids is 2. The third-order valence-electron chi connectivity index (χ3n) is 6.79. The summed E-state index contributed by atoms with van der Waals surface area (Å²) in [6, 6.07) is 22.4. The van der Waals surface area contributed by atoms with Gasteiger partial charge in [-0.05, 0) is 39.9 Å². The molecular weight excluding hydrogens is 365 g/mol. The molecule has 3 aromatic carbocycles. The zero-order valence-corrected chi connectivity index (χ0v) is 15.6. The average Bonchev–Trinajstić information content (AvgIpc) is 3.01. The Morgan fingerprint density at radius 2 is 1.07 bits per heavy atom. The standard InChI is InChI=1S/C25H18FNO2/c26-15-11-9-14(10-12-15)13-27-24(28)22-20-16-5-1-2-6-17(16)21(23(22)25(27)29)19-8-4-3-7-18(19)20/h1-12,20-23H,13H2/t20?,21?,22-,23-/m1/s1. The van der Waals surface area contributed by atoms with Crippen molar-refractivity contribution in [1.82, 2.24) is 4.90 Å². The highest BCUT2D eigenvalue weighted by atomic mass is 19.1. The highest BCUT2D eigenvalue weighted by Gasteiger charge is 2.61. The summed E-state index contributed by atoms with van der Waals surface area (Å²) >= 11 is 0. The molecule has 4 aliphatic rings. The molecule has 1 saturated heterocycles. The Labute approximate surface area is 167 Å². The first-order valence-corrected chi connectivity index (χ1v) is 9.92. The van der Waals surface area contributed by atoms with Crippen molar-refractivity contribution in [3.05, 3.63) is 106 Å². The summed E-state index contributed by atoms with van der Waals surface area (Å²) in [6.07, 6.45) is 0. The summed E-state index contributed by atoms with van der Waals surface area (Å²) in [4.78, 5) is 28.3. The van der Waals surface area contributed by atoms with Crippen molar-refractivity contribution >= 4 is 11.8 Å². The van der Waals surface area contributed by atoms with E-state index in [1.54, 1.807) is 12.1 Å². The maximum absolute atomic E-state index is 13.5. The van der Waals surface area contributed by atoms with Crippen LogP contribution in [0.25, 0.3) is 0 Å². The highest BCUT2D eigenvalue weighted by molar-refractivity contribution is 6.07. The maximum Gasteiger partial charge on any atom is 0.234 e. The predicted octanol–water partition coefficient (Wildman–Crippen LogP) is 4.22. The van der Waals surface area contributed by atoms with Crippen LogP contribution in [0, 0.1) is 17.7 Å². The molecule has 142 valence electrons. The van der Waals surface area contributed by atoms with Gasteiger partial charge in [0, 0.05) is 11.8 Å². The predicted molar refractivity (Wildman–Crippen MR) is 106 cm³/mol. The fraction of sp³-hybridized carbons (Fsp3) is 0.200. The lowest BCUT2D eigenvalue weighted by molar-refractivity contribution is -0.140. The molecule has 4 heteroatoms. The van der Waals surface area contributed by atoms with Gasteiger partial charge in [0.1, 0.15) is 5.82 Å². The van der Waals surface area contributed by atoms with Crippen molar-refractivity contribution in [2.24, 2.45) is 11.8 Å². The monoisotopic (exact) mass is 383 g/mol. The molecule has 0 unspecified atom stereocenters. The van der Waals surface area contributed by atoms with Crippen LogP contribution in [-0.2, 0) is 16.1 Å². The summed E-state index contributed by atoms with van der Waals surface area (Å²) in [5.74, 6) is -1.45. The first kappa shape index (κ1) is 16.7. The molecule has 3 aromatic rings. The van der Waals surface area contributed by atoms with Gasteiger partial charge in [-0.2, -0.15) is 0 Å². The van der Waals surface area contributed by atoms with Crippen LogP contribution in [0.2, 0.25) is 0 Å². The van der Waals surface area contributed by atoms with Crippen molar-refractivity contribution in [3.63, 3.8) is 0 Å². The Morgan fingerprint density at radius 1 is 0.655 bits per heavy atom. The number of carbonyl (C=O) groups is 2. The molecule has 2 atom stereocenters. The van der Waals surface area contributed by atoms with Gasteiger partial charge in [0.25, 0.3) is 0 Å². The topological polar surface area (TPSA) is 37.4 Å². The number of likely N-dealkylation sites (tertiary alicyclic amines) is 1. The molecule has 2 bridgehead atoms. The molecule has 2 amide bonds. The number of benzene rings is 3. The molecule has 3 aliphatic carbocycles. The zero-order valence-electron chi connectivity index (χ0n) is 15.6. The number of hydrogen-bond acceptors (Lipinski definition) is 2.